The number of rotatable bonds is 6. The van der Waals surface area contributed by atoms with Crippen LogP contribution in [-0.2, 0) is 19.3 Å². The van der Waals surface area contributed by atoms with Crippen molar-refractivity contribution < 1.29 is 4.42 Å². The van der Waals surface area contributed by atoms with Crippen molar-refractivity contribution in [3.63, 3.8) is 0 Å². The molecule has 0 saturated carbocycles. The largest absolute Gasteiger partial charge is 0.469 e. The van der Waals surface area contributed by atoms with E-state index in [1.807, 2.05) is 12.3 Å². The van der Waals surface area contributed by atoms with Crippen molar-refractivity contribution in [3.05, 3.63) is 71.7 Å². The Morgan fingerprint density at radius 3 is 2.67 bits per heavy atom. The van der Waals surface area contributed by atoms with Crippen LogP contribution in [0.5, 0.6) is 0 Å². The maximum Gasteiger partial charge on any atom is 0.107 e. The molecular formula is C17H20O. The molecule has 1 aromatic heterocycles. The van der Waals surface area contributed by atoms with Gasteiger partial charge >= 0.3 is 0 Å². The van der Waals surface area contributed by atoms with Crippen LogP contribution in [0.4, 0.5) is 0 Å². The third-order valence-corrected chi connectivity index (χ3v) is 3.25. The van der Waals surface area contributed by atoms with Crippen LogP contribution in [-0.4, -0.2) is 0 Å². The number of allylic oxidation sites excluding steroid dienone is 1. The summed E-state index contributed by atoms with van der Waals surface area (Å²) in [4.78, 5) is 0. The normalized spacial score (nSPS) is 10.5. The van der Waals surface area contributed by atoms with E-state index in [1.165, 1.54) is 16.7 Å². The van der Waals surface area contributed by atoms with Crippen LogP contribution in [0.3, 0.4) is 0 Å². The van der Waals surface area contributed by atoms with Gasteiger partial charge in [0.25, 0.3) is 0 Å². The first-order valence-electron chi connectivity index (χ1n) is 6.52. The molecule has 0 unspecified atom stereocenters. The van der Waals surface area contributed by atoms with Crippen molar-refractivity contribution in [3.8, 4) is 0 Å². The van der Waals surface area contributed by atoms with Gasteiger partial charge in [-0.25, -0.2) is 0 Å². The highest BCUT2D eigenvalue weighted by Gasteiger charge is 2.08. The van der Waals surface area contributed by atoms with Gasteiger partial charge in [0.2, 0.25) is 0 Å². The maximum absolute atomic E-state index is 5.64. The van der Waals surface area contributed by atoms with Gasteiger partial charge < -0.3 is 4.42 Å². The molecule has 0 spiro atoms. The molecule has 0 saturated heterocycles. The zero-order valence-electron chi connectivity index (χ0n) is 11.0. The van der Waals surface area contributed by atoms with E-state index in [0.717, 1.165) is 31.4 Å². The van der Waals surface area contributed by atoms with Gasteiger partial charge in [0.05, 0.1) is 6.26 Å². The molecule has 0 bridgehead atoms. The smallest absolute Gasteiger partial charge is 0.107 e. The molecule has 1 nitrogen and oxygen atoms in total. The lowest BCUT2D eigenvalue weighted by Gasteiger charge is -2.02. The molecular weight excluding hydrogens is 220 g/mol. The average molecular weight is 240 g/mol. The molecule has 0 aliphatic carbocycles. The zero-order chi connectivity index (χ0) is 12.8. The monoisotopic (exact) mass is 240 g/mol. The molecule has 1 heterocycles. The Morgan fingerprint density at radius 1 is 1.17 bits per heavy atom. The fourth-order valence-corrected chi connectivity index (χ4v) is 2.25. The third kappa shape index (κ3) is 3.13. The van der Waals surface area contributed by atoms with E-state index in [4.69, 9.17) is 4.42 Å². The summed E-state index contributed by atoms with van der Waals surface area (Å²) in [7, 11) is 0. The summed E-state index contributed by atoms with van der Waals surface area (Å²) in [6.07, 6.45) is 7.94. The van der Waals surface area contributed by atoms with Crippen molar-refractivity contribution in [2.24, 2.45) is 0 Å². The highest BCUT2D eigenvalue weighted by Crippen LogP contribution is 2.20. The van der Waals surface area contributed by atoms with Crippen LogP contribution in [0.25, 0.3) is 0 Å². The van der Waals surface area contributed by atoms with Gasteiger partial charge in [0, 0.05) is 12.0 Å². The Kier molecular flexibility index (Phi) is 4.40. The van der Waals surface area contributed by atoms with Gasteiger partial charge in [0.15, 0.2) is 0 Å². The van der Waals surface area contributed by atoms with E-state index >= 15 is 0 Å². The highest BCUT2D eigenvalue weighted by atomic mass is 16.3. The number of furan rings is 1. The summed E-state index contributed by atoms with van der Waals surface area (Å²) in [5.74, 6) is 1.13. The number of hydrogen-bond acceptors (Lipinski definition) is 1. The van der Waals surface area contributed by atoms with E-state index in [9.17, 15) is 0 Å². The molecule has 2 rings (SSSR count). The zero-order valence-corrected chi connectivity index (χ0v) is 11.0. The summed E-state index contributed by atoms with van der Waals surface area (Å²) < 4.78 is 5.64. The van der Waals surface area contributed by atoms with Crippen molar-refractivity contribution in [2.75, 3.05) is 0 Å². The molecule has 0 amide bonds. The molecule has 18 heavy (non-hydrogen) atoms. The van der Waals surface area contributed by atoms with Gasteiger partial charge in [0.1, 0.15) is 5.76 Å². The first-order chi connectivity index (χ1) is 8.81. The fraction of sp³-hybridized carbons (Fsp3) is 0.294. The molecule has 1 aromatic carbocycles. The second kappa shape index (κ2) is 6.25. The Balaban J connectivity index is 1.92. The molecule has 2 aromatic rings. The van der Waals surface area contributed by atoms with Crippen LogP contribution in [0.15, 0.2) is 53.7 Å². The Bertz CT molecular complexity index is 494. The van der Waals surface area contributed by atoms with Crippen molar-refractivity contribution in [1.82, 2.24) is 0 Å². The van der Waals surface area contributed by atoms with Crippen LogP contribution >= 0.6 is 0 Å². The van der Waals surface area contributed by atoms with Gasteiger partial charge in [-0.3, -0.25) is 0 Å². The fourth-order valence-electron chi connectivity index (χ4n) is 2.25. The minimum Gasteiger partial charge on any atom is -0.469 e. The minimum absolute atomic E-state index is 0.906. The average Bonchev–Trinajstić information content (AvgIpc) is 2.73. The maximum atomic E-state index is 5.64. The van der Waals surface area contributed by atoms with E-state index in [2.05, 4.69) is 43.8 Å². The van der Waals surface area contributed by atoms with Crippen LogP contribution in [0.2, 0.25) is 0 Å². The predicted octanol–water partition coefficient (Wildman–Crippen LogP) is 4.49. The lowest BCUT2D eigenvalue weighted by atomic mass is 10.0. The first-order valence-corrected chi connectivity index (χ1v) is 6.52. The van der Waals surface area contributed by atoms with E-state index < -0.39 is 0 Å². The van der Waals surface area contributed by atoms with Gasteiger partial charge in [-0.2, -0.15) is 0 Å². The second-order valence-corrected chi connectivity index (χ2v) is 4.65. The van der Waals surface area contributed by atoms with Crippen LogP contribution < -0.4 is 0 Å². The van der Waals surface area contributed by atoms with Gasteiger partial charge in [-0.15, -0.1) is 6.58 Å². The highest BCUT2D eigenvalue weighted by molar-refractivity contribution is 5.29. The second-order valence-electron chi connectivity index (χ2n) is 4.65. The molecule has 94 valence electrons. The molecule has 0 atom stereocenters. The number of benzene rings is 1. The molecule has 0 radical (unpaired) electrons. The van der Waals surface area contributed by atoms with Crippen molar-refractivity contribution in [1.29, 1.82) is 0 Å². The molecule has 1 heteroatoms. The first kappa shape index (κ1) is 12.7. The summed E-state index contributed by atoms with van der Waals surface area (Å²) in [5.41, 5.74) is 3.95. The Morgan fingerprint density at radius 2 is 1.94 bits per heavy atom. The van der Waals surface area contributed by atoms with Crippen LogP contribution in [0, 0.1) is 6.92 Å². The Hall–Kier alpha value is -1.76. The van der Waals surface area contributed by atoms with Gasteiger partial charge in [-0.1, -0.05) is 36.4 Å². The van der Waals surface area contributed by atoms with E-state index in [-0.39, 0.29) is 0 Å². The number of hydrogen-bond donors (Lipinski definition) is 0. The van der Waals surface area contributed by atoms with E-state index in [0.29, 0.717) is 0 Å². The van der Waals surface area contributed by atoms with Crippen LogP contribution in [0.1, 0.15) is 28.9 Å². The Labute approximate surface area is 109 Å². The molecule has 0 fully saturated rings. The van der Waals surface area contributed by atoms with E-state index in [1.54, 1.807) is 0 Å². The summed E-state index contributed by atoms with van der Waals surface area (Å²) >= 11 is 0. The lowest BCUT2D eigenvalue weighted by molar-refractivity contribution is 0.497. The standard InChI is InChI=1S/C17H20O/c1-3-8-16-14(2)13-18-17(16)12-7-11-15-9-5-4-6-10-15/h3-6,9-10,13H,1,7-8,11-12H2,2H3. The molecule has 0 aliphatic rings. The lowest BCUT2D eigenvalue weighted by Crippen LogP contribution is -1.93. The summed E-state index contributed by atoms with van der Waals surface area (Å²) in [6, 6.07) is 10.6. The SMILES string of the molecule is C=CCc1c(C)coc1CCCc1ccccc1. The third-order valence-electron chi connectivity index (χ3n) is 3.25. The minimum atomic E-state index is 0.906. The topological polar surface area (TPSA) is 13.1 Å². The predicted molar refractivity (Wildman–Crippen MR) is 75.8 cm³/mol. The molecule has 0 N–H and O–H groups in total. The molecule has 0 aliphatic heterocycles. The number of aryl methyl sites for hydroxylation is 3. The van der Waals surface area contributed by atoms with Crippen molar-refractivity contribution >= 4 is 0 Å². The summed E-state index contributed by atoms with van der Waals surface area (Å²) in [5, 5.41) is 0. The summed E-state index contributed by atoms with van der Waals surface area (Å²) in [6.45, 7) is 5.90. The van der Waals surface area contributed by atoms with Crippen molar-refractivity contribution in [2.45, 2.75) is 32.6 Å². The quantitative estimate of drug-likeness (QED) is 0.678. The van der Waals surface area contributed by atoms with Gasteiger partial charge in [-0.05, 0) is 37.3 Å².